The summed E-state index contributed by atoms with van der Waals surface area (Å²) in [6.07, 6.45) is -2.63. The van der Waals surface area contributed by atoms with Crippen molar-refractivity contribution in [2.24, 2.45) is 0 Å². The molecule has 2 unspecified atom stereocenters. The van der Waals surface area contributed by atoms with Crippen LogP contribution in [0.5, 0.6) is 0 Å². The molecule has 0 aromatic rings. The number of carboxylic acid groups (broad SMARTS) is 1. The number of aliphatic hydroxyl groups is 2. The smallest absolute Gasteiger partial charge is 0.303 e. The van der Waals surface area contributed by atoms with Crippen molar-refractivity contribution in [1.29, 1.82) is 0 Å². The molecule has 7 nitrogen and oxygen atoms in total. The number of hydrogen-bond donors (Lipinski definition) is 3. The van der Waals surface area contributed by atoms with E-state index in [1.165, 1.54) is 0 Å². The largest absolute Gasteiger partial charge is 0.481 e. The highest BCUT2D eigenvalue weighted by atomic mass is 32.2. The predicted octanol–water partition coefficient (Wildman–Crippen LogP) is -1.10. The normalized spacial score (nSPS) is 15.9. The van der Waals surface area contributed by atoms with Crippen molar-refractivity contribution in [2.75, 3.05) is 6.26 Å². The first-order valence-corrected chi connectivity index (χ1v) is 6.00. The summed E-state index contributed by atoms with van der Waals surface area (Å²) < 4.78 is 25.2. The molecule has 0 fully saturated rings. The minimum absolute atomic E-state index is 0.0526. The first-order chi connectivity index (χ1) is 6.72. The van der Waals surface area contributed by atoms with Crippen LogP contribution in [-0.2, 0) is 19.1 Å². The van der Waals surface area contributed by atoms with Crippen molar-refractivity contribution < 1.29 is 32.7 Å². The Kier molecular flexibility index (Phi) is 5.73. The highest BCUT2D eigenvalue weighted by Gasteiger charge is 2.21. The average Bonchev–Trinajstić information content (AvgIpc) is 1.99. The Bertz CT molecular complexity index is 296. The van der Waals surface area contributed by atoms with Gasteiger partial charge in [-0.3, -0.25) is 4.79 Å². The lowest BCUT2D eigenvalue weighted by Crippen LogP contribution is -2.30. The predicted molar refractivity (Wildman–Crippen MR) is 49.4 cm³/mol. The van der Waals surface area contributed by atoms with Gasteiger partial charge in [-0.1, -0.05) is 0 Å². The molecule has 0 heterocycles. The van der Waals surface area contributed by atoms with Gasteiger partial charge in [-0.2, -0.15) is 8.42 Å². The number of carboxylic acids is 1. The molecule has 2 atom stereocenters. The standard InChI is InChI=1S/C7H14O7S/c1-15(12,13)14-7(11)5(8)3-2-4-6(9)10/h5,7-8,11H,2-4H2,1H3,(H,9,10). The van der Waals surface area contributed by atoms with Gasteiger partial charge in [0.05, 0.1) is 6.26 Å². The van der Waals surface area contributed by atoms with Crippen LogP contribution in [0.3, 0.4) is 0 Å². The first kappa shape index (κ1) is 14.3. The summed E-state index contributed by atoms with van der Waals surface area (Å²) in [5, 5.41) is 26.5. The second kappa shape index (κ2) is 6.01. The summed E-state index contributed by atoms with van der Waals surface area (Å²) in [6.45, 7) is 0. The van der Waals surface area contributed by atoms with Crippen molar-refractivity contribution in [3.63, 3.8) is 0 Å². The Morgan fingerprint density at radius 2 is 1.93 bits per heavy atom. The van der Waals surface area contributed by atoms with Gasteiger partial charge in [0.15, 0.2) is 6.29 Å². The van der Waals surface area contributed by atoms with Gasteiger partial charge < -0.3 is 15.3 Å². The van der Waals surface area contributed by atoms with Gasteiger partial charge in [-0.25, -0.2) is 4.18 Å². The van der Waals surface area contributed by atoms with Crippen LogP contribution in [0.4, 0.5) is 0 Å². The number of hydrogen-bond acceptors (Lipinski definition) is 6. The summed E-state index contributed by atoms with van der Waals surface area (Å²) in [7, 11) is -3.84. The van der Waals surface area contributed by atoms with Gasteiger partial charge in [0.1, 0.15) is 6.10 Å². The SMILES string of the molecule is CS(=O)(=O)OC(O)C(O)CCCC(=O)O. The Morgan fingerprint density at radius 1 is 1.40 bits per heavy atom. The van der Waals surface area contributed by atoms with E-state index in [-0.39, 0.29) is 19.3 Å². The average molecular weight is 242 g/mol. The lowest BCUT2D eigenvalue weighted by Gasteiger charge is -2.16. The zero-order valence-electron chi connectivity index (χ0n) is 8.16. The van der Waals surface area contributed by atoms with Gasteiger partial charge in [-0.15, -0.1) is 0 Å². The topological polar surface area (TPSA) is 121 Å². The van der Waals surface area contributed by atoms with E-state index in [1.807, 2.05) is 0 Å². The Labute approximate surface area is 87.4 Å². The quantitative estimate of drug-likeness (QED) is 0.382. The van der Waals surface area contributed by atoms with Gasteiger partial charge in [0.2, 0.25) is 0 Å². The highest BCUT2D eigenvalue weighted by molar-refractivity contribution is 7.86. The molecule has 0 aliphatic rings. The third-order valence-corrected chi connectivity index (χ3v) is 2.04. The van der Waals surface area contributed by atoms with Crippen LogP contribution in [0.15, 0.2) is 0 Å². The fraction of sp³-hybridized carbons (Fsp3) is 0.857. The minimum atomic E-state index is -3.84. The molecule has 0 aliphatic heterocycles. The van der Waals surface area contributed by atoms with Gasteiger partial charge in [0.25, 0.3) is 10.1 Å². The molecule has 0 aromatic carbocycles. The van der Waals surface area contributed by atoms with Gasteiger partial charge >= 0.3 is 5.97 Å². The number of carbonyl (C=O) groups is 1. The second-order valence-corrected chi connectivity index (χ2v) is 4.64. The number of aliphatic carboxylic acids is 1. The van der Waals surface area contributed by atoms with E-state index in [2.05, 4.69) is 4.18 Å². The summed E-state index contributed by atoms with van der Waals surface area (Å²) in [4.78, 5) is 10.1. The maximum absolute atomic E-state index is 10.5. The molecule has 0 saturated carbocycles. The van der Waals surface area contributed by atoms with Gasteiger partial charge in [-0.05, 0) is 12.8 Å². The lowest BCUT2D eigenvalue weighted by molar-refractivity contribution is -0.137. The molecule has 15 heavy (non-hydrogen) atoms. The molecule has 0 spiro atoms. The molecule has 0 amide bonds. The van der Waals surface area contributed by atoms with Crippen LogP contribution < -0.4 is 0 Å². The van der Waals surface area contributed by atoms with Crippen LogP contribution in [0.1, 0.15) is 19.3 Å². The van der Waals surface area contributed by atoms with Crippen LogP contribution in [0.25, 0.3) is 0 Å². The van der Waals surface area contributed by atoms with Gasteiger partial charge in [0, 0.05) is 6.42 Å². The van der Waals surface area contributed by atoms with Crippen molar-refractivity contribution >= 4 is 16.1 Å². The van der Waals surface area contributed by atoms with E-state index < -0.39 is 28.5 Å². The third-order valence-electron chi connectivity index (χ3n) is 1.49. The molecule has 0 aliphatic carbocycles. The Morgan fingerprint density at radius 3 is 2.33 bits per heavy atom. The summed E-state index contributed by atoms with van der Waals surface area (Å²) in [5.74, 6) is -1.03. The van der Waals surface area contributed by atoms with Crippen LogP contribution in [0, 0.1) is 0 Å². The zero-order chi connectivity index (χ0) is 12.1. The minimum Gasteiger partial charge on any atom is -0.481 e. The van der Waals surface area contributed by atoms with E-state index in [0.29, 0.717) is 0 Å². The molecular formula is C7H14O7S. The number of aliphatic hydroxyl groups excluding tert-OH is 2. The van der Waals surface area contributed by atoms with Crippen molar-refractivity contribution in [3.8, 4) is 0 Å². The van der Waals surface area contributed by atoms with E-state index >= 15 is 0 Å². The van der Waals surface area contributed by atoms with Crippen molar-refractivity contribution in [1.82, 2.24) is 0 Å². The van der Waals surface area contributed by atoms with Crippen molar-refractivity contribution in [2.45, 2.75) is 31.7 Å². The molecule has 0 bridgehead atoms. The maximum Gasteiger partial charge on any atom is 0.303 e. The number of rotatable bonds is 7. The van der Waals surface area contributed by atoms with Crippen LogP contribution >= 0.6 is 0 Å². The molecule has 3 N–H and O–H groups in total. The first-order valence-electron chi connectivity index (χ1n) is 4.18. The summed E-state index contributed by atoms with van der Waals surface area (Å²) in [5.41, 5.74) is 0. The molecule has 90 valence electrons. The second-order valence-electron chi connectivity index (χ2n) is 3.04. The Hall–Kier alpha value is -0.700. The summed E-state index contributed by atoms with van der Waals surface area (Å²) in [6, 6.07) is 0. The monoisotopic (exact) mass is 242 g/mol. The zero-order valence-corrected chi connectivity index (χ0v) is 8.98. The Balaban J connectivity index is 3.89. The highest BCUT2D eigenvalue weighted by Crippen LogP contribution is 2.08. The van der Waals surface area contributed by atoms with Crippen LogP contribution in [-0.4, -0.2) is 48.4 Å². The fourth-order valence-corrected chi connectivity index (χ4v) is 1.33. The van der Waals surface area contributed by atoms with Crippen LogP contribution in [0.2, 0.25) is 0 Å². The van der Waals surface area contributed by atoms with E-state index in [4.69, 9.17) is 15.3 Å². The molecule has 0 radical (unpaired) electrons. The molecular weight excluding hydrogens is 228 g/mol. The molecule has 0 rings (SSSR count). The molecule has 8 heteroatoms. The summed E-state index contributed by atoms with van der Waals surface area (Å²) >= 11 is 0. The third kappa shape index (κ3) is 8.30. The van der Waals surface area contributed by atoms with E-state index in [1.54, 1.807) is 0 Å². The lowest BCUT2D eigenvalue weighted by atomic mass is 10.1. The van der Waals surface area contributed by atoms with Crippen molar-refractivity contribution in [3.05, 3.63) is 0 Å². The molecule has 0 aromatic heterocycles. The maximum atomic E-state index is 10.5. The van der Waals surface area contributed by atoms with E-state index in [9.17, 15) is 13.2 Å². The van der Waals surface area contributed by atoms with E-state index in [0.717, 1.165) is 6.26 Å². The fourth-order valence-electron chi connectivity index (χ4n) is 0.848. The molecule has 0 saturated heterocycles.